The summed E-state index contributed by atoms with van der Waals surface area (Å²) in [7, 11) is 0. The number of benzene rings is 1. The summed E-state index contributed by atoms with van der Waals surface area (Å²) in [5, 5.41) is 0. The minimum Gasteiger partial charge on any atom is -0.444 e. The molecule has 3 aromatic rings. The van der Waals surface area contributed by atoms with E-state index in [0.29, 0.717) is 50.4 Å². The van der Waals surface area contributed by atoms with Crippen molar-refractivity contribution in [2.75, 3.05) is 36.8 Å². The number of nitrogen functional groups attached to an aromatic ring is 1. The normalized spacial score (nSPS) is 24.9. The average molecular weight is 632 g/mol. The van der Waals surface area contributed by atoms with Crippen LogP contribution in [0.4, 0.5) is 20.7 Å². The number of hydrogen-bond acceptors (Lipinski definition) is 7. The van der Waals surface area contributed by atoms with E-state index in [9.17, 15) is 14.0 Å². The molecule has 2 amide bonds. The Labute approximate surface area is 270 Å². The Bertz CT molecular complexity index is 1670. The summed E-state index contributed by atoms with van der Waals surface area (Å²) < 4.78 is 21.9. The highest BCUT2D eigenvalue weighted by Gasteiger charge is 2.56. The first-order valence-electron chi connectivity index (χ1n) is 16.8. The molecule has 2 aromatic heterocycles. The first kappa shape index (κ1) is 30.9. The number of halogens is 1. The van der Waals surface area contributed by atoms with Crippen molar-refractivity contribution in [1.29, 1.82) is 0 Å². The van der Waals surface area contributed by atoms with Crippen molar-refractivity contribution < 1.29 is 18.7 Å². The Kier molecular flexibility index (Phi) is 7.53. The van der Waals surface area contributed by atoms with Crippen LogP contribution in [0.15, 0.2) is 30.6 Å². The number of piperidine rings is 2. The molecule has 2 saturated heterocycles. The van der Waals surface area contributed by atoms with Crippen LogP contribution in [-0.2, 0) is 14.9 Å². The number of hydrogen-bond donors (Lipinski definition) is 1. The molecule has 0 radical (unpaired) electrons. The molecule has 46 heavy (non-hydrogen) atoms. The fraction of sp³-hybridized carbons (Fsp3) is 0.600. The number of carbonyl (C=O) groups excluding carboxylic acids is 2. The molecular weight excluding hydrogens is 585 g/mol. The second-order valence-corrected chi connectivity index (χ2v) is 15.0. The summed E-state index contributed by atoms with van der Waals surface area (Å²) in [4.78, 5) is 42.9. The van der Waals surface area contributed by atoms with E-state index >= 15 is 0 Å². The number of nitrogens with two attached hydrogens (primary N) is 1. The highest BCUT2D eigenvalue weighted by atomic mass is 19.1. The highest BCUT2D eigenvalue weighted by Crippen LogP contribution is 2.52. The minimum absolute atomic E-state index is 0.0389. The molecule has 11 heteroatoms. The summed E-state index contributed by atoms with van der Waals surface area (Å²) in [5.41, 5.74) is 10.3. The predicted octanol–water partition coefficient (Wildman–Crippen LogP) is 5.84. The number of carbonyl (C=O) groups is 2. The summed E-state index contributed by atoms with van der Waals surface area (Å²) in [6.45, 7) is 12.1. The molecule has 1 aromatic carbocycles. The van der Waals surface area contributed by atoms with Crippen LogP contribution in [0.25, 0.3) is 22.3 Å². The van der Waals surface area contributed by atoms with Gasteiger partial charge in [0, 0.05) is 49.0 Å². The number of likely N-dealkylation sites (tertiary alicyclic amines) is 2. The molecule has 1 atom stereocenters. The van der Waals surface area contributed by atoms with Gasteiger partial charge < -0.3 is 24.8 Å². The van der Waals surface area contributed by atoms with Gasteiger partial charge in [0.25, 0.3) is 0 Å². The third-order valence-electron chi connectivity index (χ3n) is 10.5. The first-order chi connectivity index (χ1) is 21.8. The number of alkyl halides is 1. The molecule has 2 N–H and O–H groups in total. The van der Waals surface area contributed by atoms with Gasteiger partial charge in [-0.25, -0.2) is 19.2 Å². The molecular formula is C35H46FN7O3. The van der Waals surface area contributed by atoms with Crippen LogP contribution in [0.3, 0.4) is 0 Å². The van der Waals surface area contributed by atoms with Gasteiger partial charge in [0.2, 0.25) is 5.91 Å². The van der Waals surface area contributed by atoms with Gasteiger partial charge in [-0.15, -0.1) is 0 Å². The van der Waals surface area contributed by atoms with Gasteiger partial charge in [0.1, 0.15) is 23.1 Å². The topological polar surface area (TPSA) is 110 Å². The van der Waals surface area contributed by atoms with Gasteiger partial charge in [0.05, 0.1) is 23.0 Å². The van der Waals surface area contributed by atoms with Gasteiger partial charge in [-0.2, -0.15) is 0 Å². The molecule has 4 aliphatic rings. The molecule has 246 valence electrons. The van der Waals surface area contributed by atoms with Crippen LogP contribution in [0.2, 0.25) is 0 Å². The van der Waals surface area contributed by atoms with Crippen LogP contribution < -0.4 is 10.6 Å². The lowest BCUT2D eigenvalue weighted by molar-refractivity contribution is -0.126. The number of imidazole rings is 1. The maximum atomic E-state index is 14.6. The smallest absolute Gasteiger partial charge is 0.410 e. The summed E-state index contributed by atoms with van der Waals surface area (Å²) in [6, 6.07) is 8.68. The van der Waals surface area contributed by atoms with Crippen LogP contribution in [0, 0.1) is 0 Å². The van der Waals surface area contributed by atoms with Crippen molar-refractivity contribution in [3.05, 3.63) is 36.2 Å². The summed E-state index contributed by atoms with van der Waals surface area (Å²) in [5.74, 6) is 0.528. The molecule has 3 fully saturated rings. The van der Waals surface area contributed by atoms with E-state index in [1.807, 2.05) is 42.4 Å². The fourth-order valence-electron chi connectivity index (χ4n) is 7.97. The molecule has 0 bridgehead atoms. The summed E-state index contributed by atoms with van der Waals surface area (Å²) in [6.07, 6.45) is 4.92. The average Bonchev–Trinajstić information content (AvgIpc) is 3.51. The zero-order valence-electron chi connectivity index (χ0n) is 27.6. The number of aromatic nitrogens is 3. The Morgan fingerprint density at radius 2 is 1.85 bits per heavy atom. The number of nitrogens with zero attached hydrogens (tertiary/aromatic N) is 6. The molecule has 1 spiro atoms. The lowest BCUT2D eigenvalue weighted by Gasteiger charge is -2.48. The van der Waals surface area contributed by atoms with Crippen molar-refractivity contribution in [3.8, 4) is 11.3 Å². The van der Waals surface area contributed by atoms with Crippen molar-refractivity contribution in [1.82, 2.24) is 24.3 Å². The van der Waals surface area contributed by atoms with Crippen LogP contribution >= 0.6 is 0 Å². The maximum absolute atomic E-state index is 14.6. The minimum atomic E-state index is -0.771. The SMILES string of the molecule is CC(C)n1cnc2cc(-c3ccc4c(c3)N([C@H]3C[C@@H](N5CCC[C@@H](F)C5)C3)C(=O)C43CCN(C(=O)OC(C)(C)C)CC3)nc(N)c21. The number of anilines is 2. The zero-order chi connectivity index (χ0) is 32.5. The Balaban J connectivity index is 1.21. The molecule has 7 rings (SSSR count). The lowest BCUT2D eigenvalue weighted by Crippen LogP contribution is -2.59. The number of rotatable bonds is 4. The lowest BCUT2D eigenvalue weighted by atomic mass is 9.73. The third-order valence-corrected chi connectivity index (χ3v) is 10.5. The van der Waals surface area contributed by atoms with E-state index in [2.05, 4.69) is 35.9 Å². The third kappa shape index (κ3) is 5.20. The second-order valence-electron chi connectivity index (χ2n) is 15.0. The van der Waals surface area contributed by atoms with Crippen molar-refractivity contribution in [3.63, 3.8) is 0 Å². The van der Waals surface area contributed by atoms with Crippen LogP contribution in [-0.4, -0.2) is 86.4 Å². The van der Waals surface area contributed by atoms with E-state index in [4.69, 9.17) is 15.5 Å². The maximum Gasteiger partial charge on any atom is 0.410 e. The van der Waals surface area contributed by atoms with Crippen LogP contribution in [0.5, 0.6) is 0 Å². The molecule has 5 heterocycles. The van der Waals surface area contributed by atoms with E-state index in [0.717, 1.165) is 53.7 Å². The number of ether oxygens (including phenoxy) is 1. The van der Waals surface area contributed by atoms with Gasteiger partial charge >= 0.3 is 6.09 Å². The molecule has 3 aliphatic heterocycles. The Hall–Kier alpha value is -3.73. The van der Waals surface area contributed by atoms with Crippen molar-refractivity contribution in [2.24, 2.45) is 0 Å². The fourth-order valence-corrected chi connectivity index (χ4v) is 7.97. The summed E-state index contributed by atoms with van der Waals surface area (Å²) >= 11 is 0. The Morgan fingerprint density at radius 3 is 2.52 bits per heavy atom. The first-order valence-corrected chi connectivity index (χ1v) is 16.8. The zero-order valence-corrected chi connectivity index (χ0v) is 27.6. The van der Waals surface area contributed by atoms with Crippen molar-refractivity contribution in [2.45, 2.75) is 108 Å². The predicted molar refractivity (Wildman–Crippen MR) is 176 cm³/mol. The molecule has 1 saturated carbocycles. The van der Waals surface area contributed by atoms with Crippen LogP contribution in [0.1, 0.15) is 84.7 Å². The van der Waals surface area contributed by atoms with E-state index in [-0.39, 0.29) is 30.1 Å². The van der Waals surface area contributed by atoms with E-state index in [1.165, 1.54) is 0 Å². The second kappa shape index (κ2) is 11.2. The largest absolute Gasteiger partial charge is 0.444 e. The van der Waals surface area contributed by atoms with Crippen molar-refractivity contribution >= 4 is 34.5 Å². The van der Waals surface area contributed by atoms with Gasteiger partial charge in [-0.1, -0.05) is 12.1 Å². The Morgan fingerprint density at radius 1 is 1.11 bits per heavy atom. The molecule has 10 nitrogen and oxygen atoms in total. The van der Waals surface area contributed by atoms with Gasteiger partial charge in [-0.05, 0) is 97.4 Å². The number of pyridine rings is 1. The van der Waals surface area contributed by atoms with E-state index < -0.39 is 17.2 Å². The number of fused-ring (bicyclic) bond motifs is 3. The molecule has 1 aliphatic carbocycles. The molecule has 0 unspecified atom stereocenters. The number of amides is 2. The van der Waals surface area contributed by atoms with E-state index in [1.54, 1.807) is 11.2 Å². The monoisotopic (exact) mass is 631 g/mol. The highest BCUT2D eigenvalue weighted by molar-refractivity contribution is 6.09. The standard InChI is InChI=1S/C35H46FN7O3/c1-21(2)42-20-38-28-18-27(39-31(37)30(28)42)22-8-9-26-29(15-22)43(25-16-24(17-25)41-12-6-7-23(36)19-41)32(44)35(26)10-13-40(14-11-35)33(45)46-34(3,4)5/h8-9,15,18,20-21,23-25H,6-7,10-14,16-17,19H2,1-5H3,(H2,37,39)/t23-,24-,25+/m1/s1. The van der Waals surface area contributed by atoms with Gasteiger partial charge in [0.15, 0.2) is 0 Å². The quantitative estimate of drug-likeness (QED) is 0.385. The van der Waals surface area contributed by atoms with Gasteiger partial charge in [-0.3, -0.25) is 9.69 Å².